The number of piperazine rings is 1. The van der Waals surface area contributed by atoms with Crippen LogP contribution in [0, 0.1) is 0 Å². The van der Waals surface area contributed by atoms with Crippen LogP contribution in [0.3, 0.4) is 0 Å². The molecule has 27 heavy (non-hydrogen) atoms. The smallest absolute Gasteiger partial charge is 0.255 e. The summed E-state index contributed by atoms with van der Waals surface area (Å²) < 4.78 is 0. The van der Waals surface area contributed by atoms with Crippen LogP contribution in [0.25, 0.3) is 10.9 Å². The minimum absolute atomic E-state index is 0.0226. The lowest BCUT2D eigenvalue weighted by Crippen LogP contribution is -2.50. The first-order chi connectivity index (χ1) is 13.1. The van der Waals surface area contributed by atoms with Crippen molar-refractivity contribution in [1.82, 2.24) is 14.8 Å². The number of carbonyl (C=O) groups excluding carboxylic acids is 2. The molecule has 1 aliphatic heterocycles. The molecule has 0 unspecified atom stereocenters. The Balaban J connectivity index is 1.44. The van der Waals surface area contributed by atoms with Gasteiger partial charge >= 0.3 is 0 Å². The molecule has 4 rings (SSSR count). The maximum Gasteiger partial charge on any atom is 0.255 e. The molecule has 2 heterocycles. The van der Waals surface area contributed by atoms with Gasteiger partial charge in [-0.2, -0.15) is 0 Å². The van der Waals surface area contributed by atoms with Crippen LogP contribution in [0.5, 0.6) is 0 Å². The molecule has 136 valence electrons. The van der Waals surface area contributed by atoms with E-state index in [0.29, 0.717) is 42.3 Å². The molecule has 5 nitrogen and oxygen atoms in total. The maximum absolute atomic E-state index is 12.8. The third-order valence-corrected chi connectivity index (χ3v) is 5.14. The number of rotatable bonds is 2. The van der Waals surface area contributed by atoms with E-state index in [1.807, 2.05) is 24.3 Å². The van der Waals surface area contributed by atoms with Gasteiger partial charge in [-0.25, -0.2) is 0 Å². The van der Waals surface area contributed by atoms with E-state index in [4.69, 9.17) is 11.6 Å². The van der Waals surface area contributed by atoms with E-state index < -0.39 is 0 Å². The Morgan fingerprint density at radius 1 is 0.852 bits per heavy atom. The van der Waals surface area contributed by atoms with E-state index in [-0.39, 0.29) is 11.8 Å². The molecular weight excluding hydrogens is 362 g/mol. The third-order valence-electron chi connectivity index (χ3n) is 4.81. The van der Waals surface area contributed by atoms with Crippen LogP contribution >= 0.6 is 11.6 Å². The number of amides is 2. The van der Waals surface area contributed by atoms with Crippen molar-refractivity contribution in [3.05, 3.63) is 76.9 Å². The van der Waals surface area contributed by atoms with Crippen LogP contribution in [-0.2, 0) is 0 Å². The molecule has 1 aromatic heterocycles. The molecule has 2 aromatic carbocycles. The number of nitrogens with zero attached hydrogens (tertiary/aromatic N) is 3. The normalized spacial score (nSPS) is 14.4. The number of fused-ring (bicyclic) bond motifs is 1. The van der Waals surface area contributed by atoms with Crippen molar-refractivity contribution in [2.24, 2.45) is 0 Å². The first kappa shape index (κ1) is 17.5. The van der Waals surface area contributed by atoms with Gasteiger partial charge in [0.2, 0.25) is 0 Å². The van der Waals surface area contributed by atoms with Crippen molar-refractivity contribution >= 4 is 34.3 Å². The summed E-state index contributed by atoms with van der Waals surface area (Å²) in [4.78, 5) is 33.3. The van der Waals surface area contributed by atoms with Crippen molar-refractivity contribution in [3.63, 3.8) is 0 Å². The molecular formula is C21H18ClN3O2. The summed E-state index contributed by atoms with van der Waals surface area (Å²) in [7, 11) is 0. The topological polar surface area (TPSA) is 53.5 Å². The summed E-state index contributed by atoms with van der Waals surface area (Å²) >= 11 is 6.13. The number of hydrogen-bond donors (Lipinski definition) is 0. The highest BCUT2D eigenvalue weighted by Crippen LogP contribution is 2.19. The van der Waals surface area contributed by atoms with E-state index in [9.17, 15) is 9.59 Å². The molecule has 0 saturated carbocycles. The fraction of sp³-hybridized carbons (Fsp3) is 0.190. The Labute approximate surface area is 162 Å². The lowest BCUT2D eigenvalue weighted by molar-refractivity contribution is 0.0535. The summed E-state index contributed by atoms with van der Waals surface area (Å²) in [5.41, 5.74) is 2.01. The zero-order valence-electron chi connectivity index (χ0n) is 14.6. The van der Waals surface area contributed by atoms with Crippen molar-refractivity contribution in [2.45, 2.75) is 0 Å². The summed E-state index contributed by atoms with van der Waals surface area (Å²) in [6, 6.07) is 16.4. The van der Waals surface area contributed by atoms with Gasteiger partial charge in [-0.15, -0.1) is 0 Å². The standard InChI is InChI=1S/C21H18ClN3O2/c22-18-6-2-1-5-17(18)21(27)25-12-10-24(11-13-25)20(26)16-7-8-19-15(14-16)4-3-9-23-19/h1-9,14H,10-13H2. The molecule has 0 bridgehead atoms. The van der Waals surface area contributed by atoms with Crippen molar-refractivity contribution in [3.8, 4) is 0 Å². The predicted molar refractivity (Wildman–Crippen MR) is 105 cm³/mol. The lowest BCUT2D eigenvalue weighted by Gasteiger charge is -2.35. The largest absolute Gasteiger partial charge is 0.335 e. The highest BCUT2D eigenvalue weighted by molar-refractivity contribution is 6.33. The minimum Gasteiger partial charge on any atom is -0.335 e. The molecule has 3 aromatic rings. The number of pyridine rings is 1. The highest BCUT2D eigenvalue weighted by atomic mass is 35.5. The maximum atomic E-state index is 12.8. The molecule has 2 amide bonds. The first-order valence-electron chi connectivity index (χ1n) is 8.81. The second-order valence-electron chi connectivity index (χ2n) is 6.48. The van der Waals surface area contributed by atoms with Crippen LogP contribution in [0.15, 0.2) is 60.8 Å². The fourth-order valence-electron chi connectivity index (χ4n) is 3.31. The van der Waals surface area contributed by atoms with Gasteiger partial charge in [0.1, 0.15) is 0 Å². The molecule has 0 spiro atoms. The van der Waals surface area contributed by atoms with Gasteiger partial charge in [0.25, 0.3) is 11.8 Å². The van der Waals surface area contributed by atoms with E-state index >= 15 is 0 Å². The molecule has 0 N–H and O–H groups in total. The quantitative estimate of drug-likeness (QED) is 0.685. The highest BCUT2D eigenvalue weighted by Gasteiger charge is 2.26. The molecule has 1 saturated heterocycles. The number of aromatic nitrogens is 1. The van der Waals surface area contributed by atoms with Gasteiger partial charge in [-0.3, -0.25) is 14.6 Å². The number of benzene rings is 2. The van der Waals surface area contributed by atoms with Gasteiger partial charge < -0.3 is 9.80 Å². The van der Waals surface area contributed by atoms with E-state index in [1.165, 1.54) is 0 Å². The molecule has 1 fully saturated rings. The second kappa shape index (κ2) is 7.37. The lowest BCUT2D eigenvalue weighted by atomic mass is 10.1. The Morgan fingerprint density at radius 2 is 1.56 bits per heavy atom. The van der Waals surface area contributed by atoms with E-state index in [2.05, 4.69) is 4.98 Å². The summed E-state index contributed by atoms with van der Waals surface area (Å²) in [5.74, 6) is -0.116. The van der Waals surface area contributed by atoms with Crippen LogP contribution < -0.4 is 0 Å². The average Bonchev–Trinajstić information content (AvgIpc) is 2.73. The Kier molecular flexibility index (Phi) is 4.77. The Morgan fingerprint density at radius 3 is 2.30 bits per heavy atom. The van der Waals surface area contributed by atoms with E-state index in [1.54, 1.807) is 46.3 Å². The Bertz CT molecular complexity index is 1010. The number of carbonyl (C=O) groups is 2. The average molecular weight is 380 g/mol. The summed E-state index contributed by atoms with van der Waals surface area (Å²) in [6.07, 6.45) is 1.74. The second-order valence-corrected chi connectivity index (χ2v) is 6.88. The van der Waals surface area contributed by atoms with Crippen LogP contribution in [0.4, 0.5) is 0 Å². The van der Waals surface area contributed by atoms with Gasteiger partial charge in [0.15, 0.2) is 0 Å². The molecule has 0 radical (unpaired) electrons. The number of hydrogen-bond acceptors (Lipinski definition) is 3. The molecule has 1 aliphatic rings. The van der Waals surface area contributed by atoms with Crippen LogP contribution in [-0.4, -0.2) is 52.8 Å². The minimum atomic E-state index is -0.0931. The van der Waals surface area contributed by atoms with Crippen LogP contribution in [0.2, 0.25) is 5.02 Å². The van der Waals surface area contributed by atoms with Crippen LogP contribution in [0.1, 0.15) is 20.7 Å². The predicted octanol–water partition coefficient (Wildman–Crippen LogP) is 3.49. The SMILES string of the molecule is O=C(c1ccc2ncccc2c1)N1CCN(C(=O)c2ccccc2Cl)CC1. The summed E-state index contributed by atoms with van der Waals surface area (Å²) in [6.45, 7) is 1.98. The van der Waals surface area contributed by atoms with Gasteiger partial charge in [-0.05, 0) is 36.4 Å². The van der Waals surface area contributed by atoms with E-state index in [0.717, 1.165) is 10.9 Å². The Hall–Kier alpha value is -2.92. The zero-order valence-corrected chi connectivity index (χ0v) is 15.4. The molecule has 0 atom stereocenters. The molecule has 6 heteroatoms. The fourth-order valence-corrected chi connectivity index (χ4v) is 3.53. The van der Waals surface area contributed by atoms with Gasteiger partial charge in [-0.1, -0.05) is 29.8 Å². The van der Waals surface area contributed by atoms with Crippen molar-refractivity contribution in [1.29, 1.82) is 0 Å². The van der Waals surface area contributed by atoms with Crippen molar-refractivity contribution < 1.29 is 9.59 Å². The zero-order chi connectivity index (χ0) is 18.8. The third kappa shape index (κ3) is 3.51. The first-order valence-corrected chi connectivity index (χ1v) is 9.19. The molecule has 0 aliphatic carbocycles. The van der Waals surface area contributed by atoms with Gasteiger partial charge in [0.05, 0.1) is 16.1 Å². The summed E-state index contributed by atoms with van der Waals surface area (Å²) in [5, 5.41) is 1.39. The van der Waals surface area contributed by atoms with Gasteiger partial charge in [0, 0.05) is 43.3 Å². The van der Waals surface area contributed by atoms with Crippen molar-refractivity contribution in [2.75, 3.05) is 26.2 Å². The number of halogens is 1. The monoisotopic (exact) mass is 379 g/mol.